The zero-order valence-corrected chi connectivity index (χ0v) is 15.4. The molecule has 1 heterocycles. The molecule has 0 aliphatic carbocycles. The number of carbonyl (C=O) groups excluding carboxylic acids is 2. The van der Waals surface area contributed by atoms with Crippen LogP contribution in [0.15, 0.2) is 12.2 Å². The molecule has 0 atom stereocenters. The van der Waals surface area contributed by atoms with Gasteiger partial charge in [0, 0.05) is 17.8 Å². The zero-order valence-electron chi connectivity index (χ0n) is 13.9. The van der Waals surface area contributed by atoms with Gasteiger partial charge in [-0.05, 0) is 6.42 Å². The summed E-state index contributed by atoms with van der Waals surface area (Å²) in [6.45, 7) is 3.67. The van der Waals surface area contributed by atoms with Crippen molar-refractivity contribution >= 4 is 27.9 Å². The molecule has 1 fully saturated rings. The normalized spacial score (nSPS) is 16.1. The lowest BCUT2D eigenvalue weighted by molar-refractivity contribution is -0.159. The van der Waals surface area contributed by atoms with Gasteiger partial charge in [0.25, 0.3) is 0 Å². The minimum absolute atomic E-state index is 0.178. The quantitative estimate of drug-likeness (QED) is 0.221. The summed E-state index contributed by atoms with van der Waals surface area (Å²) < 4.78 is 15.5. The van der Waals surface area contributed by atoms with E-state index in [1.807, 2.05) is 0 Å². The highest BCUT2D eigenvalue weighted by Crippen LogP contribution is 2.29. The van der Waals surface area contributed by atoms with E-state index in [4.69, 9.17) is 14.2 Å². The Morgan fingerprint density at radius 3 is 2.52 bits per heavy atom. The number of hydrogen-bond acceptors (Lipinski definition) is 5. The number of halogens is 1. The Hall–Kier alpha value is -0.880. The summed E-state index contributed by atoms with van der Waals surface area (Å²) >= 11 is 3.19. The van der Waals surface area contributed by atoms with E-state index < -0.39 is 5.97 Å². The van der Waals surface area contributed by atoms with Crippen molar-refractivity contribution in [3.8, 4) is 0 Å². The van der Waals surface area contributed by atoms with E-state index in [1.165, 1.54) is 25.3 Å². The van der Waals surface area contributed by atoms with Crippen molar-refractivity contribution in [2.24, 2.45) is 5.41 Å². The summed E-state index contributed by atoms with van der Waals surface area (Å²) in [5.74, 6) is -0.569. The molecule has 1 aliphatic heterocycles. The van der Waals surface area contributed by atoms with Crippen molar-refractivity contribution in [1.29, 1.82) is 0 Å². The molecule has 1 rings (SSSR count). The third kappa shape index (κ3) is 8.51. The lowest BCUT2D eigenvalue weighted by Gasteiger charge is -2.38. The summed E-state index contributed by atoms with van der Waals surface area (Å²) in [5, 5.41) is 0.608. The Bertz CT molecular complexity index is 390. The van der Waals surface area contributed by atoms with Crippen LogP contribution >= 0.6 is 15.9 Å². The standard InChI is InChI=1S/C17H27BrO5/c1-2-3-4-5-6-7-15(19)23-14-17(12-21-13-17)9-8-16(20)22-11-10-18/h8-9H,2-7,10-14H2,1H3/b9-8+. The third-order valence-electron chi connectivity index (χ3n) is 3.68. The molecule has 6 heteroatoms. The van der Waals surface area contributed by atoms with Crippen molar-refractivity contribution in [1.82, 2.24) is 0 Å². The van der Waals surface area contributed by atoms with Crippen molar-refractivity contribution in [2.45, 2.75) is 45.4 Å². The molecule has 0 N–H and O–H groups in total. The van der Waals surface area contributed by atoms with Gasteiger partial charge in [-0.3, -0.25) is 4.79 Å². The molecule has 0 aromatic carbocycles. The SMILES string of the molecule is CCCCCCCC(=O)OCC1(/C=C/C(=O)OCCBr)COC1. The maximum atomic E-state index is 11.8. The lowest BCUT2D eigenvalue weighted by atomic mass is 9.86. The van der Waals surface area contributed by atoms with Crippen molar-refractivity contribution in [2.75, 3.05) is 31.8 Å². The molecular weight excluding hydrogens is 364 g/mol. The molecular formula is C17H27BrO5. The van der Waals surface area contributed by atoms with E-state index in [0.717, 1.165) is 12.8 Å². The maximum absolute atomic E-state index is 11.8. The van der Waals surface area contributed by atoms with Gasteiger partial charge < -0.3 is 14.2 Å². The van der Waals surface area contributed by atoms with Crippen molar-refractivity contribution < 1.29 is 23.8 Å². The average molecular weight is 391 g/mol. The van der Waals surface area contributed by atoms with Crippen LogP contribution in [0.3, 0.4) is 0 Å². The van der Waals surface area contributed by atoms with Crippen molar-refractivity contribution in [3.63, 3.8) is 0 Å². The third-order valence-corrected chi connectivity index (χ3v) is 4.00. The second-order valence-corrected chi connectivity index (χ2v) is 6.66. The molecule has 0 unspecified atom stereocenters. The van der Waals surface area contributed by atoms with Gasteiger partial charge >= 0.3 is 11.9 Å². The first kappa shape index (κ1) is 20.2. The Balaban J connectivity index is 2.25. The Labute approximate surface area is 146 Å². The number of carbonyl (C=O) groups is 2. The average Bonchev–Trinajstić information content (AvgIpc) is 2.51. The molecule has 0 aromatic rings. The van der Waals surface area contributed by atoms with Gasteiger partial charge in [0.1, 0.15) is 13.2 Å². The predicted molar refractivity (Wildman–Crippen MR) is 91.5 cm³/mol. The summed E-state index contributed by atoms with van der Waals surface area (Å²) in [4.78, 5) is 23.2. The Morgan fingerprint density at radius 1 is 1.17 bits per heavy atom. The van der Waals surface area contributed by atoms with Crippen LogP contribution in [0.5, 0.6) is 0 Å². The van der Waals surface area contributed by atoms with E-state index >= 15 is 0 Å². The molecule has 5 nitrogen and oxygen atoms in total. The fraction of sp³-hybridized carbons (Fsp3) is 0.765. The van der Waals surface area contributed by atoms with Crippen LogP contribution in [-0.2, 0) is 23.8 Å². The molecule has 132 valence electrons. The highest BCUT2D eigenvalue weighted by Gasteiger charge is 2.37. The molecule has 0 spiro atoms. The van der Waals surface area contributed by atoms with Crippen LogP contribution in [0.4, 0.5) is 0 Å². The molecule has 0 aromatic heterocycles. The summed E-state index contributed by atoms with van der Waals surface area (Å²) in [7, 11) is 0. The molecule has 0 bridgehead atoms. The molecule has 1 aliphatic rings. The smallest absolute Gasteiger partial charge is 0.330 e. The first-order chi connectivity index (χ1) is 11.1. The van der Waals surface area contributed by atoms with Crippen LogP contribution in [0.2, 0.25) is 0 Å². The van der Waals surface area contributed by atoms with Crippen LogP contribution in [-0.4, -0.2) is 43.7 Å². The number of esters is 2. The molecule has 1 saturated heterocycles. The van der Waals surface area contributed by atoms with Crippen LogP contribution in [0.1, 0.15) is 45.4 Å². The highest BCUT2D eigenvalue weighted by molar-refractivity contribution is 9.09. The van der Waals surface area contributed by atoms with Gasteiger partial charge in [0.2, 0.25) is 0 Å². The zero-order chi connectivity index (χ0) is 17.0. The number of ether oxygens (including phenoxy) is 3. The minimum atomic E-state index is -0.391. The maximum Gasteiger partial charge on any atom is 0.330 e. The van der Waals surface area contributed by atoms with Gasteiger partial charge in [-0.2, -0.15) is 0 Å². The first-order valence-corrected chi connectivity index (χ1v) is 9.39. The summed E-state index contributed by atoms with van der Waals surface area (Å²) in [6.07, 6.45) is 9.10. The lowest BCUT2D eigenvalue weighted by Crippen LogP contribution is -2.45. The largest absolute Gasteiger partial charge is 0.465 e. The van der Waals surface area contributed by atoms with E-state index in [0.29, 0.717) is 31.6 Å². The minimum Gasteiger partial charge on any atom is -0.465 e. The second kappa shape index (κ2) is 11.6. The monoisotopic (exact) mass is 390 g/mol. The molecule has 0 amide bonds. The number of unbranched alkanes of at least 4 members (excludes halogenated alkanes) is 4. The number of hydrogen-bond donors (Lipinski definition) is 0. The van der Waals surface area contributed by atoms with E-state index in [2.05, 4.69) is 22.9 Å². The van der Waals surface area contributed by atoms with Crippen LogP contribution < -0.4 is 0 Å². The molecule has 23 heavy (non-hydrogen) atoms. The topological polar surface area (TPSA) is 61.8 Å². The molecule has 0 radical (unpaired) electrons. The van der Waals surface area contributed by atoms with Gasteiger partial charge in [0.05, 0.1) is 18.6 Å². The van der Waals surface area contributed by atoms with Crippen LogP contribution in [0, 0.1) is 5.41 Å². The molecule has 0 saturated carbocycles. The fourth-order valence-electron chi connectivity index (χ4n) is 2.19. The van der Waals surface area contributed by atoms with E-state index in [1.54, 1.807) is 6.08 Å². The number of alkyl halides is 1. The second-order valence-electron chi connectivity index (χ2n) is 5.87. The Morgan fingerprint density at radius 2 is 1.91 bits per heavy atom. The van der Waals surface area contributed by atoms with Gasteiger partial charge in [0.15, 0.2) is 0 Å². The predicted octanol–water partition coefficient (Wildman–Crippen LogP) is 3.40. The summed E-state index contributed by atoms with van der Waals surface area (Å²) in [5.41, 5.74) is -0.384. The first-order valence-electron chi connectivity index (χ1n) is 8.27. The van der Waals surface area contributed by atoms with Gasteiger partial charge in [-0.25, -0.2) is 4.79 Å². The van der Waals surface area contributed by atoms with Crippen molar-refractivity contribution in [3.05, 3.63) is 12.2 Å². The van der Waals surface area contributed by atoms with E-state index in [9.17, 15) is 9.59 Å². The van der Waals surface area contributed by atoms with Gasteiger partial charge in [-0.15, -0.1) is 0 Å². The highest BCUT2D eigenvalue weighted by atomic mass is 79.9. The van der Waals surface area contributed by atoms with Crippen LogP contribution in [0.25, 0.3) is 0 Å². The fourth-order valence-corrected chi connectivity index (χ4v) is 2.36. The Kier molecular flexibility index (Phi) is 10.2. The van der Waals surface area contributed by atoms with Gasteiger partial charge in [-0.1, -0.05) is 54.6 Å². The summed E-state index contributed by atoms with van der Waals surface area (Å²) in [6, 6.07) is 0. The van der Waals surface area contributed by atoms with E-state index in [-0.39, 0.29) is 18.0 Å². The number of rotatable bonds is 12.